The van der Waals surface area contributed by atoms with Crippen molar-refractivity contribution in [2.24, 2.45) is 5.41 Å². The standard InChI is InChI=1S/C27H35N2O4/c1-14-16(3)22(24-28(32)26(8,9)27(10,11)29(24)33)17(4)15(2)21(14)18-12-19(25(5,6)7)23(31)20(30)13-18/h12-13H,1-11H3/q+1. The summed E-state index contributed by atoms with van der Waals surface area (Å²) in [5.41, 5.74) is 3.76. The van der Waals surface area contributed by atoms with Crippen LogP contribution in [-0.2, 0) is 9.59 Å². The fraction of sp³-hybridized carbons (Fsp3) is 0.519. The van der Waals surface area contributed by atoms with Gasteiger partial charge in [0.1, 0.15) is 10.3 Å². The fourth-order valence-corrected chi connectivity index (χ4v) is 4.70. The number of ketones is 2. The Morgan fingerprint density at radius 1 is 0.788 bits per heavy atom. The second-order valence-electron chi connectivity index (χ2n) is 11.4. The normalized spacial score (nSPS) is 20.4. The van der Waals surface area contributed by atoms with Crippen molar-refractivity contribution in [1.29, 1.82) is 0 Å². The number of rotatable bonds is 2. The summed E-state index contributed by atoms with van der Waals surface area (Å²) in [5.74, 6) is -0.880. The minimum Gasteiger partial charge on any atom is -0.618 e. The van der Waals surface area contributed by atoms with Crippen molar-refractivity contribution in [2.75, 3.05) is 0 Å². The van der Waals surface area contributed by atoms with Gasteiger partial charge in [-0.2, -0.15) is 0 Å². The second-order valence-corrected chi connectivity index (χ2v) is 11.4. The van der Waals surface area contributed by atoms with Crippen molar-refractivity contribution >= 4 is 23.0 Å². The number of allylic oxidation sites excluding steroid dienone is 4. The van der Waals surface area contributed by atoms with Crippen LogP contribution in [0.3, 0.4) is 0 Å². The van der Waals surface area contributed by atoms with E-state index in [4.69, 9.17) is 0 Å². The first-order valence-electron chi connectivity index (χ1n) is 11.3. The molecule has 6 heteroatoms. The van der Waals surface area contributed by atoms with Crippen LogP contribution < -0.4 is 0 Å². The van der Waals surface area contributed by atoms with Gasteiger partial charge < -0.3 is 5.21 Å². The lowest BCUT2D eigenvalue weighted by atomic mass is 9.76. The Morgan fingerprint density at radius 2 is 1.24 bits per heavy atom. The molecule has 0 amide bonds. The summed E-state index contributed by atoms with van der Waals surface area (Å²) < 4.78 is 1.68. The van der Waals surface area contributed by atoms with Crippen LogP contribution in [-0.4, -0.2) is 38.0 Å². The largest absolute Gasteiger partial charge is 0.618 e. The molecule has 0 atom stereocenters. The van der Waals surface area contributed by atoms with E-state index < -0.39 is 28.1 Å². The molecule has 1 aliphatic carbocycles. The Labute approximate surface area is 196 Å². The predicted molar refractivity (Wildman–Crippen MR) is 130 cm³/mol. The van der Waals surface area contributed by atoms with Crippen molar-refractivity contribution in [3.05, 3.63) is 61.2 Å². The molecule has 176 valence electrons. The van der Waals surface area contributed by atoms with Gasteiger partial charge in [0.2, 0.25) is 17.1 Å². The maximum absolute atomic E-state index is 13.3. The zero-order valence-electron chi connectivity index (χ0n) is 21.7. The number of amidine groups is 1. The molecule has 0 saturated carbocycles. The molecule has 1 aliphatic heterocycles. The van der Waals surface area contributed by atoms with Gasteiger partial charge in [-0.15, -0.1) is 4.74 Å². The first-order valence-corrected chi connectivity index (χ1v) is 11.3. The molecule has 0 N–H and O–H groups in total. The monoisotopic (exact) mass is 451 g/mol. The number of benzene rings is 1. The molecule has 0 saturated heterocycles. The van der Waals surface area contributed by atoms with Crippen molar-refractivity contribution in [2.45, 2.75) is 87.2 Å². The lowest BCUT2D eigenvalue weighted by molar-refractivity contribution is -0.555. The third kappa shape index (κ3) is 3.33. The number of Topliss-reactive ketones (excluding diaryl/α,β-unsaturated/α-hetero) is 1. The van der Waals surface area contributed by atoms with E-state index in [0.29, 0.717) is 16.7 Å². The lowest BCUT2D eigenvalue weighted by Gasteiger charge is -2.26. The minimum absolute atomic E-state index is 0.118. The van der Waals surface area contributed by atoms with E-state index in [1.165, 1.54) is 6.08 Å². The molecule has 33 heavy (non-hydrogen) atoms. The average Bonchev–Trinajstić information content (AvgIpc) is 2.80. The van der Waals surface area contributed by atoms with Crippen LogP contribution in [0.25, 0.3) is 5.57 Å². The van der Waals surface area contributed by atoms with Crippen molar-refractivity contribution in [3.8, 4) is 0 Å². The molecule has 0 aromatic heterocycles. The number of carbonyl (C=O) groups is 2. The Hall–Kier alpha value is -2.89. The number of nitrogens with zero attached hydrogens (tertiary/aromatic N) is 2. The molecule has 0 bridgehead atoms. The first kappa shape index (κ1) is 24.7. The lowest BCUT2D eigenvalue weighted by Crippen LogP contribution is -2.50. The van der Waals surface area contributed by atoms with Gasteiger partial charge >= 0.3 is 5.84 Å². The minimum atomic E-state index is -0.910. The summed E-state index contributed by atoms with van der Waals surface area (Å²) in [6, 6.07) is 0. The molecular weight excluding hydrogens is 416 g/mol. The van der Waals surface area contributed by atoms with Crippen LogP contribution >= 0.6 is 0 Å². The molecule has 1 aromatic carbocycles. The van der Waals surface area contributed by atoms with Crippen LogP contribution in [0.4, 0.5) is 0 Å². The van der Waals surface area contributed by atoms with Gasteiger partial charge in [-0.3, -0.25) is 9.59 Å². The van der Waals surface area contributed by atoms with Gasteiger partial charge in [0.25, 0.3) is 5.54 Å². The summed E-state index contributed by atoms with van der Waals surface area (Å²) in [6.45, 7) is 20.5. The molecule has 0 fully saturated rings. The fourth-order valence-electron chi connectivity index (χ4n) is 4.70. The second kappa shape index (κ2) is 7.31. The van der Waals surface area contributed by atoms with Crippen LogP contribution in [0.15, 0.2) is 17.7 Å². The summed E-state index contributed by atoms with van der Waals surface area (Å²) in [6.07, 6.45) is 3.21. The Bertz CT molecular complexity index is 1200. The van der Waals surface area contributed by atoms with Gasteiger partial charge in [-0.05, 0) is 78.7 Å². The predicted octanol–water partition coefficient (Wildman–Crippen LogP) is 5.03. The summed E-state index contributed by atoms with van der Waals surface area (Å²) in [5, 5.41) is 13.3. The summed E-state index contributed by atoms with van der Waals surface area (Å²) >= 11 is 0. The van der Waals surface area contributed by atoms with E-state index in [-0.39, 0.29) is 5.84 Å². The molecule has 0 radical (unpaired) electrons. The molecule has 0 unspecified atom stereocenters. The van der Waals surface area contributed by atoms with Crippen LogP contribution in [0, 0.1) is 43.2 Å². The Balaban J connectivity index is 2.33. The van der Waals surface area contributed by atoms with Crippen molar-refractivity contribution < 1.29 is 19.1 Å². The average molecular weight is 452 g/mol. The van der Waals surface area contributed by atoms with E-state index in [1.807, 2.05) is 54.5 Å². The SMILES string of the molecule is Cc1c(C)c(C2=[N+]([O-])C(C)(C)C(C)(C)[N+]2=O)c(C)c(C)c1C1=CC(=O)C(=O)C(C(C)(C)C)=C1. The number of carbonyl (C=O) groups excluding carboxylic acids is 2. The highest BCUT2D eigenvalue weighted by Crippen LogP contribution is 2.40. The number of nitroso groups, excluding NO2 is 1. The molecule has 2 aliphatic rings. The zero-order chi connectivity index (χ0) is 25.4. The van der Waals surface area contributed by atoms with Gasteiger partial charge in [0.15, 0.2) is 0 Å². The topological polar surface area (TPSA) is 80.3 Å². The third-order valence-electron chi connectivity index (χ3n) is 7.90. The van der Waals surface area contributed by atoms with Gasteiger partial charge in [-0.25, -0.2) is 0 Å². The maximum atomic E-state index is 13.3. The van der Waals surface area contributed by atoms with Crippen LogP contribution in [0.5, 0.6) is 0 Å². The van der Waals surface area contributed by atoms with E-state index in [9.17, 15) is 19.7 Å². The highest BCUT2D eigenvalue weighted by Gasteiger charge is 2.68. The smallest absolute Gasteiger partial charge is 0.505 e. The van der Waals surface area contributed by atoms with Crippen molar-refractivity contribution in [1.82, 2.24) is 0 Å². The number of hydrogen-bond donors (Lipinski definition) is 0. The van der Waals surface area contributed by atoms with Crippen LogP contribution in [0.1, 0.15) is 81.8 Å². The number of hydrogen-bond acceptors (Lipinski definition) is 4. The van der Waals surface area contributed by atoms with Crippen LogP contribution in [0.2, 0.25) is 0 Å². The van der Waals surface area contributed by atoms with Crippen molar-refractivity contribution in [3.63, 3.8) is 0 Å². The van der Waals surface area contributed by atoms with E-state index >= 15 is 0 Å². The highest BCUT2D eigenvalue weighted by molar-refractivity contribution is 6.50. The van der Waals surface area contributed by atoms with Gasteiger partial charge in [0.05, 0.1) is 0 Å². The first-order chi connectivity index (χ1) is 14.9. The van der Waals surface area contributed by atoms with Gasteiger partial charge in [0, 0.05) is 38.2 Å². The molecule has 3 rings (SSSR count). The molecule has 6 nitrogen and oxygen atoms in total. The summed E-state index contributed by atoms with van der Waals surface area (Å²) in [7, 11) is 0. The van der Waals surface area contributed by atoms with E-state index in [2.05, 4.69) is 0 Å². The maximum Gasteiger partial charge on any atom is 0.505 e. The molecular formula is C27H35N2O4+. The van der Waals surface area contributed by atoms with E-state index in [1.54, 1.807) is 27.7 Å². The Kier molecular flexibility index (Phi) is 5.48. The third-order valence-corrected chi connectivity index (χ3v) is 7.90. The molecule has 1 aromatic rings. The van der Waals surface area contributed by atoms with E-state index in [0.717, 1.165) is 37.3 Å². The quantitative estimate of drug-likeness (QED) is 0.273. The Morgan fingerprint density at radius 3 is 1.64 bits per heavy atom. The summed E-state index contributed by atoms with van der Waals surface area (Å²) in [4.78, 5) is 38.4. The highest BCUT2D eigenvalue weighted by atomic mass is 16.5. The zero-order valence-corrected chi connectivity index (χ0v) is 21.7. The molecule has 1 heterocycles. The number of hydroxylamine groups is 1. The molecule has 0 spiro atoms. The van der Waals surface area contributed by atoms with Gasteiger partial charge in [-0.1, -0.05) is 20.8 Å².